The van der Waals surface area contributed by atoms with Gasteiger partial charge in [-0.1, -0.05) is 13.8 Å². The average Bonchev–Trinajstić information content (AvgIpc) is 2.13. The zero-order valence-electron chi connectivity index (χ0n) is 6.13. The van der Waals surface area contributed by atoms with Crippen molar-refractivity contribution in [2.75, 3.05) is 0 Å². The van der Waals surface area contributed by atoms with E-state index in [9.17, 15) is 0 Å². The topological polar surface area (TPSA) is 17.8 Å². The molecule has 0 saturated heterocycles. The van der Waals surface area contributed by atoms with Crippen LogP contribution in [0.2, 0.25) is 0 Å². The third-order valence-electron chi connectivity index (χ3n) is 1.10. The largest absolute Gasteiger partial charge is 0.271 e. The van der Waals surface area contributed by atoms with Gasteiger partial charge in [-0.15, -0.1) is 0 Å². The van der Waals surface area contributed by atoms with Crippen molar-refractivity contribution in [2.24, 2.45) is 5.92 Å². The Bertz CT molecular complexity index is 205. The summed E-state index contributed by atoms with van der Waals surface area (Å²) in [5.41, 5.74) is 0. The molecule has 1 aromatic rings. The second-order valence-corrected chi connectivity index (χ2v) is 3.56. The van der Waals surface area contributed by atoms with Gasteiger partial charge in [-0.2, -0.15) is 5.10 Å². The fourth-order valence-electron chi connectivity index (χ4n) is 0.768. The van der Waals surface area contributed by atoms with Gasteiger partial charge in [0.2, 0.25) is 0 Å². The molecule has 1 rings (SSSR count). The fourth-order valence-corrected chi connectivity index (χ4v) is 1.08. The molecule has 0 unspecified atom stereocenters. The third-order valence-corrected chi connectivity index (χ3v) is 1.48. The minimum Gasteiger partial charge on any atom is -0.271 e. The van der Waals surface area contributed by atoms with E-state index >= 15 is 0 Å². The standard InChI is InChI=1S/C7H10BrN2/c1-6(2)4-10-5-7(8)3-9-10/h5-6H,4H2,1-2H3. The van der Waals surface area contributed by atoms with Crippen LogP contribution in [0.3, 0.4) is 0 Å². The Morgan fingerprint density at radius 1 is 1.80 bits per heavy atom. The summed E-state index contributed by atoms with van der Waals surface area (Å²) in [5.74, 6) is 0.639. The van der Waals surface area contributed by atoms with Gasteiger partial charge in [-0.3, -0.25) is 4.68 Å². The molecule has 0 atom stereocenters. The lowest BCUT2D eigenvalue weighted by Gasteiger charge is -2.02. The highest BCUT2D eigenvalue weighted by atomic mass is 79.9. The Morgan fingerprint density at radius 2 is 2.50 bits per heavy atom. The molecule has 0 bridgehead atoms. The molecule has 0 aliphatic rings. The first-order chi connectivity index (χ1) is 4.68. The van der Waals surface area contributed by atoms with Crippen molar-refractivity contribution in [3.05, 3.63) is 16.9 Å². The number of aromatic nitrogens is 2. The Hall–Kier alpha value is -0.310. The molecule has 0 N–H and O–H groups in total. The molecule has 55 valence electrons. The predicted molar refractivity (Wildman–Crippen MR) is 43.6 cm³/mol. The van der Waals surface area contributed by atoms with Gasteiger partial charge in [-0.25, -0.2) is 0 Å². The number of hydrogen-bond acceptors (Lipinski definition) is 1. The Labute approximate surface area is 69.4 Å². The van der Waals surface area contributed by atoms with Gasteiger partial charge in [0, 0.05) is 12.7 Å². The van der Waals surface area contributed by atoms with Gasteiger partial charge < -0.3 is 0 Å². The maximum atomic E-state index is 4.00. The second-order valence-electron chi connectivity index (χ2n) is 2.70. The van der Waals surface area contributed by atoms with Crippen molar-refractivity contribution in [1.29, 1.82) is 0 Å². The minimum atomic E-state index is 0.639. The van der Waals surface area contributed by atoms with Gasteiger partial charge in [-0.05, 0) is 21.8 Å². The number of hydrogen-bond donors (Lipinski definition) is 0. The van der Waals surface area contributed by atoms with Crippen LogP contribution in [0.4, 0.5) is 0 Å². The molecule has 0 aliphatic heterocycles. The monoisotopic (exact) mass is 201 g/mol. The highest BCUT2D eigenvalue weighted by Gasteiger charge is 1.97. The van der Waals surface area contributed by atoms with E-state index in [0.717, 1.165) is 11.0 Å². The summed E-state index contributed by atoms with van der Waals surface area (Å²) in [6, 6.07) is 0. The van der Waals surface area contributed by atoms with Crippen LogP contribution in [-0.2, 0) is 6.54 Å². The molecule has 10 heavy (non-hydrogen) atoms. The summed E-state index contributed by atoms with van der Waals surface area (Å²) in [6.07, 6.45) is 4.73. The zero-order chi connectivity index (χ0) is 7.56. The van der Waals surface area contributed by atoms with Gasteiger partial charge in [0.05, 0.1) is 4.47 Å². The summed E-state index contributed by atoms with van der Waals surface area (Å²) in [7, 11) is 0. The van der Waals surface area contributed by atoms with Crippen LogP contribution in [0.15, 0.2) is 10.7 Å². The van der Waals surface area contributed by atoms with Crippen LogP contribution in [0.1, 0.15) is 13.8 Å². The van der Waals surface area contributed by atoms with E-state index in [-0.39, 0.29) is 0 Å². The summed E-state index contributed by atoms with van der Waals surface area (Å²) < 4.78 is 2.81. The highest BCUT2D eigenvalue weighted by molar-refractivity contribution is 9.10. The van der Waals surface area contributed by atoms with E-state index in [2.05, 4.69) is 41.1 Å². The molecule has 0 aliphatic carbocycles. The Balaban J connectivity index is 2.58. The Morgan fingerprint density at radius 3 is 2.90 bits per heavy atom. The Kier molecular flexibility index (Phi) is 2.49. The van der Waals surface area contributed by atoms with Crippen molar-refractivity contribution in [3.8, 4) is 0 Å². The number of halogens is 1. The van der Waals surface area contributed by atoms with Gasteiger partial charge in [0.25, 0.3) is 0 Å². The second kappa shape index (κ2) is 3.19. The minimum absolute atomic E-state index is 0.639. The van der Waals surface area contributed by atoms with Crippen LogP contribution < -0.4 is 0 Å². The number of nitrogens with zero attached hydrogens (tertiary/aromatic N) is 2. The molecule has 0 fully saturated rings. The van der Waals surface area contributed by atoms with Gasteiger partial charge in [0.1, 0.15) is 6.20 Å². The highest BCUT2D eigenvalue weighted by Crippen LogP contribution is 2.06. The first-order valence-corrected chi connectivity index (χ1v) is 4.08. The van der Waals surface area contributed by atoms with Crippen LogP contribution in [-0.4, -0.2) is 9.78 Å². The zero-order valence-corrected chi connectivity index (χ0v) is 7.72. The van der Waals surface area contributed by atoms with Crippen molar-refractivity contribution in [3.63, 3.8) is 0 Å². The van der Waals surface area contributed by atoms with E-state index in [1.807, 2.05) is 10.9 Å². The maximum Gasteiger partial charge on any atom is 0.128 e. The first-order valence-electron chi connectivity index (χ1n) is 3.29. The summed E-state index contributed by atoms with van der Waals surface area (Å²) >= 11 is 3.28. The molecule has 1 radical (unpaired) electrons. The van der Waals surface area contributed by atoms with Crippen LogP contribution in [0, 0.1) is 12.1 Å². The summed E-state index contributed by atoms with van der Waals surface area (Å²) in [5, 5.41) is 4.00. The number of rotatable bonds is 2. The van der Waals surface area contributed by atoms with Gasteiger partial charge in [0.15, 0.2) is 0 Å². The van der Waals surface area contributed by atoms with Crippen molar-refractivity contribution < 1.29 is 0 Å². The van der Waals surface area contributed by atoms with Crippen molar-refractivity contribution in [2.45, 2.75) is 20.4 Å². The molecular formula is C7H10BrN2. The van der Waals surface area contributed by atoms with Gasteiger partial charge >= 0.3 is 0 Å². The lowest BCUT2D eigenvalue weighted by Crippen LogP contribution is -2.03. The molecule has 1 heterocycles. The van der Waals surface area contributed by atoms with Crippen LogP contribution in [0.25, 0.3) is 0 Å². The molecular weight excluding hydrogens is 192 g/mol. The van der Waals surface area contributed by atoms with E-state index in [4.69, 9.17) is 0 Å². The molecule has 3 heteroatoms. The average molecular weight is 202 g/mol. The lowest BCUT2D eigenvalue weighted by molar-refractivity contribution is 0.482. The normalized spacial score (nSPS) is 10.8. The molecule has 0 aromatic carbocycles. The maximum absolute atomic E-state index is 4.00. The molecule has 0 amide bonds. The van der Waals surface area contributed by atoms with Crippen LogP contribution in [0.5, 0.6) is 0 Å². The third kappa shape index (κ3) is 2.14. The lowest BCUT2D eigenvalue weighted by atomic mass is 10.2. The van der Waals surface area contributed by atoms with E-state index in [0.29, 0.717) is 5.92 Å². The van der Waals surface area contributed by atoms with E-state index in [1.54, 1.807) is 0 Å². The fraction of sp³-hybridized carbons (Fsp3) is 0.571. The quantitative estimate of drug-likeness (QED) is 0.717. The van der Waals surface area contributed by atoms with Crippen molar-refractivity contribution >= 4 is 15.9 Å². The van der Waals surface area contributed by atoms with E-state index < -0.39 is 0 Å². The smallest absolute Gasteiger partial charge is 0.128 e. The molecule has 1 aromatic heterocycles. The van der Waals surface area contributed by atoms with Crippen molar-refractivity contribution in [1.82, 2.24) is 9.78 Å². The summed E-state index contributed by atoms with van der Waals surface area (Å²) in [6.45, 7) is 5.28. The molecule has 0 saturated carbocycles. The summed E-state index contributed by atoms with van der Waals surface area (Å²) in [4.78, 5) is 0. The molecule has 2 nitrogen and oxygen atoms in total. The van der Waals surface area contributed by atoms with E-state index in [1.165, 1.54) is 0 Å². The van der Waals surface area contributed by atoms with Crippen LogP contribution >= 0.6 is 15.9 Å². The SMILES string of the molecule is CC(C)Cn1cc(Br)[c]n1. The molecule has 0 spiro atoms. The predicted octanol–water partition coefficient (Wildman–Crippen LogP) is 2.10. The first kappa shape index (κ1) is 7.79.